The highest BCUT2D eigenvalue weighted by atomic mass is 79.9. The Kier molecular flexibility index (Phi) is 9.09. The first-order chi connectivity index (χ1) is 14.8. The molecule has 0 aliphatic heterocycles. The Morgan fingerprint density at radius 1 is 1.26 bits per heavy atom. The Hall–Kier alpha value is -2.83. The minimum atomic E-state index is -0.616. The van der Waals surface area contributed by atoms with E-state index in [9.17, 15) is 9.18 Å². The van der Waals surface area contributed by atoms with Crippen LogP contribution in [0.2, 0.25) is 5.02 Å². The maximum atomic E-state index is 13.4. The summed E-state index contributed by atoms with van der Waals surface area (Å²) in [5.41, 5.74) is 2.95. The van der Waals surface area contributed by atoms with Gasteiger partial charge in [0, 0.05) is 33.2 Å². The van der Waals surface area contributed by atoms with Gasteiger partial charge in [-0.1, -0.05) is 77.1 Å². The van der Waals surface area contributed by atoms with E-state index < -0.39 is 5.83 Å². The zero-order valence-corrected chi connectivity index (χ0v) is 19.5. The molecule has 0 bridgehead atoms. The minimum Gasteiger partial charge on any atom is -0.460 e. The third kappa shape index (κ3) is 6.09. The zero-order valence-electron chi connectivity index (χ0n) is 17.1. The van der Waals surface area contributed by atoms with Crippen LogP contribution in [0.5, 0.6) is 0 Å². The lowest BCUT2D eigenvalue weighted by Gasteiger charge is -2.10. The van der Waals surface area contributed by atoms with Crippen molar-refractivity contribution in [3.05, 3.63) is 88.1 Å². The highest BCUT2D eigenvalue weighted by Crippen LogP contribution is 2.39. The van der Waals surface area contributed by atoms with Crippen molar-refractivity contribution in [3.63, 3.8) is 0 Å². The summed E-state index contributed by atoms with van der Waals surface area (Å²) in [5, 5.41) is 3.64. The summed E-state index contributed by atoms with van der Waals surface area (Å²) >= 11 is 9.23. The van der Waals surface area contributed by atoms with E-state index in [1.54, 1.807) is 26.1 Å². The number of benzene rings is 2. The summed E-state index contributed by atoms with van der Waals surface area (Å²) in [7, 11) is 1.75. The van der Waals surface area contributed by atoms with E-state index in [2.05, 4.69) is 34.4 Å². The Bertz CT molecular complexity index is 1060. The molecule has 2 aromatic carbocycles. The van der Waals surface area contributed by atoms with Gasteiger partial charge in [-0.25, -0.2) is 4.39 Å². The zero-order chi connectivity index (χ0) is 23.0. The molecule has 3 aromatic rings. The fourth-order valence-corrected chi connectivity index (χ4v) is 3.41. The Morgan fingerprint density at radius 3 is 2.42 bits per heavy atom. The molecule has 1 N–H and O–H groups in total. The first-order valence-electron chi connectivity index (χ1n) is 9.25. The van der Waals surface area contributed by atoms with Crippen LogP contribution in [0.4, 0.5) is 10.1 Å². The Balaban J connectivity index is 0.000000245. The highest BCUT2D eigenvalue weighted by molar-refractivity contribution is 9.10. The van der Waals surface area contributed by atoms with Crippen molar-refractivity contribution in [1.82, 2.24) is 0 Å². The molecule has 0 saturated carbocycles. The summed E-state index contributed by atoms with van der Waals surface area (Å²) in [6, 6.07) is 14.9. The van der Waals surface area contributed by atoms with Crippen LogP contribution >= 0.6 is 27.5 Å². The van der Waals surface area contributed by atoms with E-state index in [-0.39, 0.29) is 11.9 Å². The second-order valence-electron chi connectivity index (χ2n) is 6.31. The van der Waals surface area contributed by atoms with Crippen LogP contribution < -0.4 is 5.32 Å². The SMILES string of the molecule is C=Cc1c(C(=C)F)oc(-c2ccc(Br)cc2)c1NC.C[C@@H](OC=O)c1ccccc1Cl. The van der Waals surface area contributed by atoms with Gasteiger partial charge in [0.15, 0.2) is 17.3 Å². The topological polar surface area (TPSA) is 51.5 Å². The predicted molar refractivity (Wildman–Crippen MR) is 129 cm³/mol. The average molecular weight is 507 g/mol. The van der Waals surface area contributed by atoms with Gasteiger partial charge in [0.2, 0.25) is 0 Å². The average Bonchev–Trinajstić information content (AvgIpc) is 3.14. The molecule has 1 heterocycles. The molecular weight excluding hydrogens is 485 g/mol. The van der Waals surface area contributed by atoms with Crippen LogP contribution in [0.25, 0.3) is 23.2 Å². The molecule has 7 heteroatoms. The van der Waals surface area contributed by atoms with Gasteiger partial charge >= 0.3 is 0 Å². The van der Waals surface area contributed by atoms with Gasteiger partial charge in [-0.05, 0) is 25.1 Å². The number of anilines is 1. The molecule has 31 heavy (non-hydrogen) atoms. The first-order valence-corrected chi connectivity index (χ1v) is 10.4. The van der Waals surface area contributed by atoms with Gasteiger partial charge in [-0.2, -0.15) is 0 Å². The molecule has 4 nitrogen and oxygen atoms in total. The van der Waals surface area contributed by atoms with Crippen molar-refractivity contribution in [3.8, 4) is 11.3 Å². The van der Waals surface area contributed by atoms with Crippen molar-refractivity contribution in [2.45, 2.75) is 13.0 Å². The van der Waals surface area contributed by atoms with Crippen molar-refractivity contribution in [1.29, 1.82) is 0 Å². The molecule has 0 aliphatic carbocycles. The number of halogens is 3. The maximum absolute atomic E-state index is 13.4. The molecule has 0 radical (unpaired) electrons. The number of hydrogen-bond acceptors (Lipinski definition) is 4. The molecule has 1 atom stereocenters. The quantitative estimate of drug-likeness (QED) is 0.331. The standard InChI is InChI=1S/C15H13BrFNO.C9H9ClO2/c1-4-12-13(18-3)15(19-14(12)9(2)17)10-5-7-11(16)8-6-10;1-7(12-6-11)8-4-2-3-5-9(8)10/h4-8,18H,1-2H2,3H3;2-7H,1H3/t;7-/m.1/s1. The van der Waals surface area contributed by atoms with Gasteiger partial charge in [0.1, 0.15) is 6.10 Å². The number of nitrogens with one attached hydrogen (secondary N) is 1. The molecule has 0 saturated heterocycles. The monoisotopic (exact) mass is 505 g/mol. The summed E-state index contributed by atoms with van der Waals surface area (Å²) < 4.78 is 24.7. The van der Waals surface area contributed by atoms with Crippen LogP contribution in [0.3, 0.4) is 0 Å². The van der Waals surface area contributed by atoms with Crippen LogP contribution in [0, 0.1) is 0 Å². The van der Waals surface area contributed by atoms with Gasteiger partial charge in [0.05, 0.1) is 5.69 Å². The number of furan rings is 1. The van der Waals surface area contributed by atoms with Crippen molar-refractivity contribution in [2.75, 3.05) is 12.4 Å². The molecule has 1 aromatic heterocycles. The number of ether oxygens (including phenoxy) is 1. The van der Waals surface area contributed by atoms with Gasteiger partial charge in [0.25, 0.3) is 6.47 Å². The van der Waals surface area contributed by atoms with Crippen molar-refractivity contribution in [2.24, 2.45) is 0 Å². The van der Waals surface area contributed by atoms with Crippen LogP contribution in [-0.2, 0) is 9.53 Å². The van der Waals surface area contributed by atoms with E-state index in [4.69, 9.17) is 20.8 Å². The Labute approximate surface area is 194 Å². The second-order valence-corrected chi connectivity index (χ2v) is 7.63. The summed E-state index contributed by atoms with van der Waals surface area (Å²) in [6.07, 6.45) is 1.27. The second kappa shape index (κ2) is 11.5. The van der Waals surface area contributed by atoms with Gasteiger partial charge in [-0.3, -0.25) is 4.79 Å². The number of hydrogen-bond donors (Lipinski definition) is 1. The molecule has 0 amide bonds. The third-order valence-electron chi connectivity index (χ3n) is 4.35. The van der Waals surface area contributed by atoms with E-state index in [0.717, 1.165) is 15.6 Å². The molecule has 0 unspecified atom stereocenters. The van der Waals surface area contributed by atoms with E-state index >= 15 is 0 Å². The fourth-order valence-electron chi connectivity index (χ4n) is 2.85. The van der Waals surface area contributed by atoms with Crippen LogP contribution in [-0.4, -0.2) is 13.5 Å². The summed E-state index contributed by atoms with van der Waals surface area (Å²) in [6.45, 7) is 9.17. The molecule has 162 valence electrons. The predicted octanol–water partition coefficient (Wildman–Crippen LogP) is 7.91. The lowest BCUT2D eigenvalue weighted by atomic mass is 10.1. The van der Waals surface area contributed by atoms with E-state index in [0.29, 0.717) is 28.5 Å². The van der Waals surface area contributed by atoms with Gasteiger partial charge < -0.3 is 14.5 Å². The molecule has 0 spiro atoms. The number of carbonyl (C=O) groups excluding carboxylic acids is 1. The molecule has 0 fully saturated rings. The minimum absolute atomic E-state index is 0.109. The highest BCUT2D eigenvalue weighted by Gasteiger charge is 2.20. The maximum Gasteiger partial charge on any atom is 0.293 e. The number of carbonyl (C=O) groups is 1. The van der Waals surface area contributed by atoms with Crippen molar-refractivity contribution < 1.29 is 18.3 Å². The third-order valence-corrected chi connectivity index (χ3v) is 5.23. The molecule has 3 rings (SSSR count). The lowest BCUT2D eigenvalue weighted by molar-refractivity contribution is -0.133. The smallest absolute Gasteiger partial charge is 0.293 e. The largest absolute Gasteiger partial charge is 0.460 e. The summed E-state index contributed by atoms with van der Waals surface area (Å²) in [5.74, 6) is 0.0609. The van der Waals surface area contributed by atoms with Crippen molar-refractivity contribution >= 4 is 51.6 Å². The van der Waals surface area contributed by atoms with Gasteiger partial charge in [-0.15, -0.1) is 0 Å². The van der Waals surface area contributed by atoms with E-state index in [1.807, 2.05) is 42.5 Å². The first kappa shape index (κ1) is 24.4. The fraction of sp³-hybridized carbons (Fsp3) is 0.125. The Morgan fingerprint density at radius 2 is 1.90 bits per heavy atom. The van der Waals surface area contributed by atoms with Crippen LogP contribution in [0.1, 0.15) is 29.9 Å². The van der Waals surface area contributed by atoms with E-state index in [1.165, 1.54) is 0 Å². The molecular formula is C24H22BrClFNO3. The van der Waals surface area contributed by atoms with Crippen LogP contribution in [0.15, 0.2) is 70.6 Å². The lowest BCUT2D eigenvalue weighted by Crippen LogP contribution is -1.98. The molecule has 0 aliphatic rings. The normalized spacial score (nSPS) is 11.0. The summed E-state index contributed by atoms with van der Waals surface area (Å²) in [4.78, 5) is 10.0. The number of rotatable bonds is 7.